The Bertz CT molecular complexity index is 1490. The lowest BCUT2D eigenvalue weighted by atomic mass is 9.89. The maximum Gasteiger partial charge on any atom is 0.336 e. The smallest absolute Gasteiger partial charge is 0.336 e. The van der Waals surface area contributed by atoms with Crippen LogP contribution in [0.1, 0.15) is 28.4 Å². The Morgan fingerprint density at radius 2 is 1.69 bits per heavy atom. The van der Waals surface area contributed by atoms with Crippen LogP contribution in [0.15, 0.2) is 82.0 Å². The quantitative estimate of drug-likeness (QED) is 0.230. The highest BCUT2D eigenvalue weighted by molar-refractivity contribution is 6.14. The Morgan fingerprint density at radius 3 is 2.47 bits per heavy atom. The van der Waals surface area contributed by atoms with Gasteiger partial charge in [-0.15, -0.1) is 0 Å². The Labute approximate surface area is 207 Å². The molecule has 3 aromatic carbocycles. The first-order chi connectivity index (χ1) is 17.5. The maximum absolute atomic E-state index is 13.5. The van der Waals surface area contributed by atoms with E-state index in [0.29, 0.717) is 52.5 Å². The summed E-state index contributed by atoms with van der Waals surface area (Å²) in [6.45, 7) is 2.90. The molecule has 1 N–H and O–H groups in total. The molecule has 36 heavy (non-hydrogen) atoms. The Balaban J connectivity index is 1.50. The van der Waals surface area contributed by atoms with E-state index in [-0.39, 0.29) is 12.2 Å². The van der Waals surface area contributed by atoms with Crippen LogP contribution in [0.4, 0.5) is 5.69 Å². The number of benzene rings is 3. The first kappa shape index (κ1) is 23.4. The van der Waals surface area contributed by atoms with E-state index < -0.39 is 17.5 Å². The van der Waals surface area contributed by atoms with Crippen molar-refractivity contribution in [3.8, 4) is 11.5 Å². The molecule has 0 spiro atoms. The molecule has 4 aromatic rings. The molecule has 0 saturated heterocycles. The standard InChI is InChI=1S/C29H25NO6/c1-2-18-8-10-22-20(16-27(31)36-25(22)14-18)15-23(28(32)19-6-4-3-5-7-19)29(33)30-21-9-11-24-26(17-21)35-13-12-34-24/h3-11,14,16-17,23H,2,12-13,15H2,1H3,(H,30,33)/t23-/m1/s1. The van der Waals surface area contributed by atoms with Gasteiger partial charge in [-0.2, -0.15) is 0 Å². The van der Waals surface area contributed by atoms with Crippen LogP contribution in [-0.4, -0.2) is 24.9 Å². The van der Waals surface area contributed by atoms with Crippen LogP contribution in [0.2, 0.25) is 0 Å². The summed E-state index contributed by atoms with van der Waals surface area (Å²) >= 11 is 0. The van der Waals surface area contributed by atoms with Crippen molar-refractivity contribution in [2.24, 2.45) is 5.92 Å². The molecule has 1 atom stereocenters. The third-order valence-corrected chi connectivity index (χ3v) is 6.23. The molecule has 0 bridgehead atoms. The summed E-state index contributed by atoms with van der Waals surface area (Å²) < 4.78 is 16.6. The minimum Gasteiger partial charge on any atom is -0.486 e. The van der Waals surface area contributed by atoms with Crippen molar-refractivity contribution in [3.63, 3.8) is 0 Å². The molecular weight excluding hydrogens is 458 g/mol. The third-order valence-electron chi connectivity index (χ3n) is 6.23. The van der Waals surface area contributed by atoms with Gasteiger partial charge in [0.1, 0.15) is 24.7 Å². The molecule has 182 valence electrons. The average Bonchev–Trinajstić information content (AvgIpc) is 2.91. The molecule has 1 aliphatic rings. The van der Waals surface area contributed by atoms with Crippen molar-refractivity contribution in [2.75, 3.05) is 18.5 Å². The number of anilines is 1. The summed E-state index contributed by atoms with van der Waals surface area (Å²) in [6.07, 6.45) is 0.828. The molecule has 0 radical (unpaired) electrons. The molecular formula is C29H25NO6. The van der Waals surface area contributed by atoms with Crippen molar-refractivity contribution < 1.29 is 23.5 Å². The summed E-state index contributed by atoms with van der Waals surface area (Å²) in [4.78, 5) is 39.4. The molecule has 0 fully saturated rings. The zero-order valence-corrected chi connectivity index (χ0v) is 19.8. The van der Waals surface area contributed by atoms with Gasteiger partial charge in [0.25, 0.3) is 0 Å². The van der Waals surface area contributed by atoms with Crippen LogP contribution in [0.5, 0.6) is 11.5 Å². The zero-order valence-electron chi connectivity index (χ0n) is 19.8. The van der Waals surface area contributed by atoms with E-state index in [1.54, 1.807) is 42.5 Å². The summed E-state index contributed by atoms with van der Waals surface area (Å²) in [5, 5.41) is 3.55. The number of fused-ring (bicyclic) bond motifs is 2. The highest BCUT2D eigenvalue weighted by atomic mass is 16.6. The van der Waals surface area contributed by atoms with Crippen LogP contribution < -0.4 is 20.4 Å². The van der Waals surface area contributed by atoms with Crippen LogP contribution >= 0.6 is 0 Å². The van der Waals surface area contributed by atoms with E-state index in [0.717, 1.165) is 12.0 Å². The lowest BCUT2D eigenvalue weighted by Crippen LogP contribution is -2.32. The minimum atomic E-state index is -1.07. The fourth-order valence-corrected chi connectivity index (χ4v) is 4.34. The SMILES string of the molecule is CCc1ccc2c(C[C@@H](C(=O)Nc3ccc4c(c3)OCCO4)C(=O)c3ccccc3)cc(=O)oc2c1. The van der Waals surface area contributed by atoms with Crippen LogP contribution in [0.25, 0.3) is 11.0 Å². The number of carbonyl (C=O) groups excluding carboxylic acids is 2. The van der Waals surface area contributed by atoms with E-state index in [1.807, 2.05) is 31.2 Å². The number of carbonyl (C=O) groups is 2. The topological polar surface area (TPSA) is 94.8 Å². The number of hydrogen-bond donors (Lipinski definition) is 1. The fourth-order valence-electron chi connectivity index (χ4n) is 4.34. The number of amides is 1. The molecule has 5 rings (SSSR count). The minimum absolute atomic E-state index is 0.0394. The number of Topliss-reactive ketones (excluding diaryl/α,β-unsaturated/α-hetero) is 1. The van der Waals surface area contributed by atoms with Gasteiger partial charge in [0.2, 0.25) is 5.91 Å². The highest BCUT2D eigenvalue weighted by Gasteiger charge is 2.29. The molecule has 1 aliphatic heterocycles. The molecule has 1 amide bonds. The first-order valence-electron chi connectivity index (χ1n) is 11.9. The number of rotatable bonds is 7. The van der Waals surface area contributed by atoms with Gasteiger partial charge < -0.3 is 19.2 Å². The maximum atomic E-state index is 13.5. The van der Waals surface area contributed by atoms with E-state index in [4.69, 9.17) is 13.9 Å². The highest BCUT2D eigenvalue weighted by Crippen LogP contribution is 2.33. The zero-order chi connectivity index (χ0) is 25.1. The molecule has 0 saturated carbocycles. The van der Waals surface area contributed by atoms with E-state index >= 15 is 0 Å². The Morgan fingerprint density at radius 1 is 0.917 bits per heavy atom. The lowest BCUT2D eigenvalue weighted by Gasteiger charge is -2.20. The number of ketones is 1. The van der Waals surface area contributed by atoms with Gasteiger partial charge in [-0.1, -0.05) is 49.4 Å². The van der Waals surface area contributed by atoms with E-state index in [9.17, 15) is 14.4 Å². The van der Waals surface area contributed by atoms with Gasteiger partial charge in [0, 0.05) is 28.8 Å². The van der Waals surface area contributed by atoms with Crippen molar-refractivity contribution in [2.45, 2.75) is 19.8 Å². The number of hydrogen-bond acceptors (Lipinski definition) is 6. The van der Waals surface area contributed by atoms with Gasteiger partial charge in [0.05, 0.1) is 0 Å². The van der Waals surface area contributed by atoms with E-state index in [2.05, 4.69) is 5.32 Å². The van der Waals surface area contributed by atoms with Gasteiger partial charge in [-0.3, -0.25) is 9.59 Å². The predicted octanol–water partition coefficient (Wildman–Crippen LogP) is 4.81. The van der Waals surface area contributed by atoms with Crippen molar-refractivity contribution in [1.82, 2.24) is 0 Å². The summed E-state index contributed by atoms with van der Waals surface area (Å²) in [7, 11) is 0. The summed E-state index contributed by atoms with van der Waals surface area (Å²) in [5.74, 6) is -0.755. The van der Waals surface area contributed by atoms with Gasteiger partial charge in [-0.25, -0.2) is 4.79 Å². The van der Waals surface area contributed by atoms with Crippen LogP contribution in [0.3, 0.4) is 0 Å². The van der Waals surface area contributed by atoms with E-state index in [1.165, 1.54) is 6.07 Å². The molecule has 0 unspecified atom stereocenters. The molecule has 7 nitrogen and oxygen atoms in total. The largest absolute Gasteiger partial charge is 0.486 e. The van der Waals surface area contributed by atoms with Gasteiger partial charge >= 0.3 is 5.63 Å². The first-order valence-corrected chi connectivity index (χ1v) is 11.9. The second-order valence-electron chi connectivity index (χ2n) is 8.61. The molecule has 7 heteroatoms. The lowest BCUT2D eigenvalue weighted by molar-refractivity contribution is -0.118. The Hall–Kier alpha value is -4.39. The van der Waals surface area contributed by atoms with Crippen LogP contribution in [-0.2, 0) is 17.6 Å². The van der Waals surface area contributed by atoms with Gasteiger partial charge in [0.15, 0.2) is 17.3 Å². The van der Waals surface area contributed by atoms with Crippen molar-refractivity contribution in [3.05, 3.63) is 99.9 Å². The second-order valence-corrected chi connectivity index (χ2v) is 8.61. The van der Waals surface area contributed by atoms with Crippen molar-refractivity contribution >= 4 is 28.3 Å². The number of nitrogens with one attached hydrogen (secondary N) is 1. The third kappa shape index (κ3) is 4.86. The monoisotopic (exact) mass is 483 g/mol. The molecule has 0 aliphatic carbocycles. The summed E-state index contributed by atoms with van der Waals surface area (Å²) in [6, 6.07) is 20.8. The summed E-state index contributed by atoms with van der Waals surface area (Å²) in [5.41, 5.74) is 2.42. The molecule has 2 heterocycles. The molecule has 1 aromatic heterocycles. The Kier molecular flexibility index (Phi) is 6.54. The normalized spacial score (nSPS) is 13.2. The van der Waals surface area contributed by atoms with Gasteiger partial charge in [-0.05, 0) is 42.2 Å². The average molecular weight is 484 g/mol. The van der Waals surface area contributed by atoms with Crippen LogP contribution in [0, 0.1) is 5.92 Å². The fraction of sp³-hybridized carbons (Fsp3) is 0.207. The second kappa shape index (κ2) is 10.1. The predicted molar refractivity (Wildman–Crippen MR) is 136 cm³/mol. The number of ether oxygens (including phenoxy) is 2. The van der Waals surface area contributed by atoms with Crippen molar-refractivity contribution in [1.29, 1.82) is 0 Å². The number of aryl methyl sites for hydroxylation is 1.